The van der Waals surface area contributed by atoms with E-state index in [0.717, 1.165) is 16.7 Å². The molecule has 3 aliphatic rings. The summed E-state index contributed by atoms with van der Waals surface area (Å²) in [6.07, 6.45) is 17.2. The molecule has 0 spiro atoms. The molecule has 4 N–H and O–H groups in total. The highest BCUT2D eigenvalue weighted by Crippen LogP contribution is 2.62. The molecule has 1 aliphatic heterocycles. The number of benzene rings is 1. The number of aliphatic hydroxyl groups excluding tert-OH is 2. The van der Waals surface area contributed by atoms with Gasteiger partial charge in [-0.3, -0.25) is 0 Å². The number of fused-ring (bicyclic) bond motifs is 3. The van der Waals surface area contributed by atoms with E-state index in [9.17, 15) is 25.2 Å². The van der Waals surface area contributed by atoms with Gasteiger partial charge in [-0.25, -0.2) is 4.79 Å². The predicted octanol–water partition coefficient (Wildman–Crippen LogP) is 6.51. The highest BCUT2D eigenvalue weighted by molar-refractivity contribution is 5.82. The summed E-state index contributed by atoms with van der Waals surface area (Å²) in [7, 11) is 0. The normalized spacial score (nSPS) is 41.0. The summed E-state index contributed by atoms with van der Waals surface area (Å²) in [5.74, 6) is -1.15. The first-order valence-electron chi connectivity index (χ1n) is 15.3. The Morgan fingerprint density at radius 1 is 0.930 bits per heavy atom. The van der Waals surface area contributed by atoms with Gasteiger partial charge >= 0.3 is 5.97 Å². The first-order valence-corrected chi connectivity index (χ1v) is 15.3. The minimum absolute atomic E-state index is 0.00540. The standard InChI is InChI=1S/C37H48O6/c1-23-13-19-31(40)25(3)30(39)12-10-8-7-9-11-28-24(2)21-29-34(36(4,5)22-37(29,6)42)33(28)35(43-32(41)20-14-23)26-15-17-27(38)18-16-26/h7-18,20-21,25,28-31,33-35,38-40,42H,19,22H2,1-6H3/b8-7+,11-9-,12-10-,20-14+,23-13+/t25-,28-,29+,30+,31-,33-,34-,35-,37+/m0/s1. The number of aromatic hydroxyl groups is 1. The van der Waals surface area contributed by atoms with E-state index in [1.165, 1.54) is 6.08 Å². The maximum absolute atomic E-state index is 13.4. The lowest BCUT2D eigenvalue weighted by atomic mass is 9.59. The zero-order valence-corrected chi connectivity index (χ0v) is 26.2. The van der Waals surface area contributed by atoms with Gasteiger partial charge in [0.25, 0.3) is 0 Å². The fourth-order valence-electron chi connectivity index (χ4n) is 7.53. The summed E-state index contributed by atoms with van der Waals surface area (Å²) in [6, 6.07) is 6.83. The first-order chi connectivity index (χ1) is 20.2. The van der Waals surface area contributed by atoms with Crippen molar-refractivity contribution < 1.29 is 30.0 Å². The molecule has 43 heavy (non-hydrogen) atoms. The van der Waals surface area contributed by atoms with Crippen LogP contribution < -0.4 is 0 Å². The molecule has 232 valence electrons. The van der Waals surface area contributed by atoms with E-state index in [-0.39, 0.29) is 40.8 Å². The lowest BCUT2D eigenvalue weighted by Gasteiger charge is -2.47. The van der Waals surface area contributed by atoms with Crippen LogP contribution in [0.15, 0.2) is 96.2 Å². The number of hydrogen-bond donors (Lipinski definition) is 4. The molecule has 4 rings (SSSR count). The molecule has 6 heteroatoms. The van der Waals surface area contributed by atoms with Gasteiger partial charge in [-0.1, -0.05) is 98.7 Å². The van der Waals surface area contributed by atoms with E-state index in [0.29, 0.717) is 12.8 Å². The molecule has 0 unspecified atom stereocenters. The Morgan fingerprint density at radius 3 is 2.26 bits per heavy atom. The SMILES string of the molecule is CC1=C[C@@H]2[C@@H]([C@@H]3[C@H]1\C=C/C=C/C=C\[C@@H](O)[C@H](C)[C@@H](O)C/C=C(C)/C=C/C(=O)O[C@H]3c1ccc(O)cc1)C(C)(C)C[C@@]2(C)O. The second kappa shape index (κ2) is 13.2. The van der Waals surface area contributed by atoms with Crippen LogP contribution in [0.1, 0.15) is 66.1 Å². The highest BCUT2D eigenvalue weighted by atomic mass is 16.5. The van der Waals surface area contributed by atoms with Crippen molar-refractivity contribution in [3.8, 4) is 5.75 Å². The zero-order valence-electron chi connectivity index (χ0n) is 26.2. The van der Waals surface area contributed by atoms with Crippen LogP contribution in [0.25, 0.3) is 0 Å². The van der Waals surface area contributed by atoms with Gasteiger partial charge < -0.3 is 25.2 Å². The molecule has 0 radical (unpaired) electrons. The van der Waals surface area contributed by atoms with E-state index in [2.05, 4.69) is 32.9 Å². The van der Waals surface area contributed by atoms with Crippen molar-refractivity contribution in [1.29, 1.82) is 0 Å². The van der Waals surface area contributed by atoms with Crippen LogP contribution in [0.5, 0.6) is 5.75 Å². The molecule has 2 aliphatic carbocycles. The van der Waals surface area contributed by atoms with Crippen LogP contribution in [0.3, 0.4) is 0 Å². The number of cyclic esters (lactones) is 1. The molecule has 0 bridgehead atoms. The Balaban J connectivity index is 1.85. The lowest BCUT2D eigenvalue weighted by molar-refractivity contribution is -0.150. The van der Waals surface area contributed by atoms with Crippen molar-refractivity contribution in [2.75, 3.05) is 0 Å². The predicted molar refractivity (Wildman–Crippen MR) is 170 cm³/mol. The molecule has 1 heterocycles. The molecule has 1 saturated carbocycles. The third-order valence-electron chi connectivity index (χ3n) is 9.70. The maximum Gasteiger partial charge on any atom is 0.331 e. The number of carbonyl (C=O) groups excluding carboxylic acids is 1. The second-order valence-electron chi connectivity index (χ2n) is 13.6. The summed E-state index contributed by atoms with van der Waals surface area (Å²) in [5.41, 5.74) is 1.51. The molecule has 0 amide bonds. The van der Waals surface area contributed by atoms with E-state index < -0.39 is 29.9 Å². The number of allylic oxidation sites excluding steroid dienone is 8. The topological polar surface area (TPSA) is 107 Å². The van der Waals surface area contributed by atoms with Crippen molar-refractivity contribution in [3.05, 3.63) is 102 Å². The molecule has 0 aromatic heterocycles. The number of ether oxygens (including phenoxy) is 1. The molecule has 6 nitrogen and oxygen atoms in total. The largest absolute Gasteiger partial charge is 0.508 e. The van der Waals surface area contributed by atoms with Gasteiger partial charge in [0.2, 0.25) is 0 Å². The summed E-state index contributed by atoms with van der Waals surface area (Å²) < 4.78 is 6.34. The van der Waals surface area contributed by atoms with E-state index in [1.54, 1.807) is 49.4 Å². The average molecular weight is 589 g/mol. The molecule has 1 aromatic carbocycles. The average Bonchev–Trinajstić information content (AvgIpc) is 3.13. The number of carbonyl (C=O) groups is 1. The number of esters is 1. The summed E-state index contributed by atoms with van der Waals surface area (Å²) in [4.78, 5) is 13.4. The van der Waals surface area contributed by atoms with E-state index in [1.807, 2.05) is 38.2 Å². The van der Waals surface area contributed by atoms with Crippen molar-refractivity contribution >= 4 is 5.97 Å². The molecular weight excluding hydrogens is 540 g/mol. The summed E-state index contributed by atoms with van der Waals surface area (Å²) in [5, 5.41) is 42.8. The monoisotopic (exact) mass is 588 g/mol. The van der Waals surface area contributed by atoms with Crippen LogP contribution in [0.4, 0.5) is 0 Å². The van der Waals surface area contributed by atoms with Gasteiger partial charge in [0.1, 0.15) is 11.9 Å². The highest BCUT2D eigenvalue weighted by Gasteiger charge is 2.60. The van der Waals surface area contributed by atoms with Gasteiger partial charge in [-0.2, -0.15) is 0 Å². The van der Waals surface area contributed by atoms with Gasteiger partial charge in [0.15, 0.2) is 0 Å². The minimum Gasteiger partial charge on any atom is -0.508 e. The maximum atomic E-state index is 13.4. The van der Waals surface area contributed by atoms with Gasteiger partial charge in [-0.15, -0.1) is 0 Å². The number of hydrogen-bond acceptors (Lipinski definition) is 6. The molecular formula is C37H48O6. The fourth-order valence-corrected chi connectivity index (χ4v) is 7.53. The number of phenolic OH excluding ortho intramolecular Hbond substituents is 1. The van der Waals surface area contributed by atoms with Gasteiger partial charge in [0.05, 0.1) is 17.8 Å². The number of aliphatic hydroxyl groups is 3. The summed E-state index contributed by atoms with van der Waals surface area (Å²) >= 11 is 0. The quantitative estimate of drug-likeness (QED) is 0.220. The van der Waals surface area contributed by atoms with E-state index >= 15 is 0 Å². The fraction of sp³-hybridized carbons (Fsp3) is 0.486. The number of rotatable bonds is 1. The Hall–Kier alpha value is -3.19. The van der Waals surface area contributed by atoms with Crippen molar-refractivity contribution in [2.45, 2.75) is 78.3 Å². The number of phenols is 1. The molecule has 0 saturated heterocycles. The van der Waals surface area contributed by atoms with Crippen LogP contribution in [-0.4, -0.2) is 44.2 Å². The molecule has 9 atom stereocenters. The lowest BCUT2D eigenvalue weighted by Crippen LogP contribution is -2.44. The first kappa shape index (κ1) is 32.7. The smallest absolute Gasteiger partial charge is 0.331 e. The molecule has 1 fully saturated rings. The third kappa shape index (κ3) is 7.49. The zero-order chi connectivity index (χ0) is 31.5. The van der Waals surface area contributed by atoms with Crippen LogP contribution in [0, 0.1) is 35.0 Å². The molecule has 1 aromatic rings. The Bertz CT molecular complexity index is 1330. The minimum atomic E-state index is -0.910. The van der Waals surface area contributed by atoms with E-state index in [4.69, 9.17) is 4.74 Å². The van der Waals surface area contributed by atoms with Gasteiger partial charge in [0, 0.05) is 29.7 Å². The van der Waals surface area contributed by atoms with Crippen molar-refractivity contribution in [3.63, 3.8) is 0 Å². The third-order valence-corrected chi connectivity index (χ3v) is 9.70. The van der Waals surface area contributed by atoms with Crippen LogP contribution in [-0.2, 0) is 9.53 Å². The van der Waals surface area contributed by atoms with Crippen molar-refractivity contribution in [2.24, 2.45) is 35.0 Å². The van der Waals surface area contributed by atoms with Crippen molar-refractivity contribution in [1.82, 2.24) is 0 Å². The van der Waals surface area contributed by atoms with Gasteiger partial charge in [-0.05, 0) is 62.6 Å². The van der Waals surface area contributed by atoms with Crippen LogP contribution >= 0.6 is 0 Å². The second-order valence-corrected chi connectivity index (χ2v) is 13.6. The Morgan fingerprint density at radius 2 is 1.58 bits per heavy atom. The Labute approximate surface area is 256 Å². The van der Waals surface area contributed by atoms with Crippen LogP contribution in [0.2, 0.25) is 0 Å². The Kier molecular flexibility index (Phi) is 10.1. The summed E-state index contributed by atoms with van der Waals surface area (Å²) in [6.45, 7) is 12.0.